The first-order chi connectivity index (χ1) is 7.17. The largest absolute Gasteiger partial charge is 0.481 e. The molecule has 4 nitrogen and oxygen atoms in total. The summed E-state index contributed by atoms with van der Waals surface area (Å²) in [5.41, 5.74) is 1.14. The van der Waals surface area contributed by atoms with E-state index in [1.807, 2.05) is 0 Å². The Morgan fingerprint density at radius 3 is 2.93 bits per heavy atom. The van der Waals surface area contributed by atoms with Crippen LogP contribution < -0.4 is 4.74 Å². The van der Waals surface area contributed by atoms with E-state index in [0.717, 1.165) is 5.56 Å². The summed E-state index contributed by atoms with van der Waals surface area (Å²) < 4.78 is 4.94. The fraction of sp³-hybridized carbons (Fsp3) is 0.273. The predicted octanol–water partition coefficient (Wildman–Crippen LogP) is 1.97. The quantitative estimate of drug-likeness (QED) is 0.767. The number of ether oxygens (including phenoxy) is 1. The maximum atomic E-state index is 10.8. The van der Waals surface area contributed by atoms with E-state index in [2.05, 4.69) is 4.98 Å². The number of hydrogen-bond donors (Lipinski definition) is 1. The molecule has 0 spiro atoms. The lowest BCUT2D eigenvalue weighted by molar-refractivity contribution is -0.132. The minimum absolute atomic E-state index is 0.364. The highest BCUT2D eigenvalue weighted by atomic mass is 16.5. The number of methoxy groups -OCH3 is 1. The van der Waals surface area contributed by atoms with E-state index in [1.165, 1.54) is 7.11 Å². The number of aromatic nitrogens is 1. The molecule has 0 aliphatic rings. The van der Waals surface area contributed by atoms with Crippen molar-refractivity contribution in [3.8, 4) is 5.88 Å². The molecule has 80 valence electrons. The van der Waals surface area contributed by atoms with E-state index in [4.69, 9.17) is 9.84 Å². The number of rotatable bonds is 4. The monoisotopic (exact) mass is 207 g/mol. The summed E-state index contributed by atoms with van der Waals surface area (Å²) in [4.78, 5) is 14.7. The van der Waals surface area contributed by atoms with Crippen LogP contribution in [0.25, 0.3) is 6.08 Å². The first-order valence-corrected chi connectivity index (χ1v) is 4.61. The van der Waals surface area contributed by atoms with E-state index >= 15 is 0 Å². The van der Waals surface area contributed by atoms with Crippen LogP contribution in [0.15, 0.2) is 23.9 Å². The highest BCUT2D eigenvalue weighted by Gasteiger charge is 2.04. The number of carboxylic acids is 1. The second-order valence-corrected chi connectivity index (χ2v) is 2.96. The molecule has 1 rings (SSSR count). The standard InChI is InChI=1S/C11H13NO3/c1-3-9(11(13)14)6-8-4-5-12-10(7-8)15-2/h4-7H,3H2,1-2H3,(H,13,14)/b9-6-. The van der Waals surface area contributed by atoms with Crippen molar-refractivity contribution >= 4 is 12.0 Å². The second-order valence-electron chi connectivity index (χ2n) is 2.96. The predicted molar refractivity (Wildman–Crippen MR) is 56.7 cm³/mol. The Hall–Kier alpha value is -1.84. The van der Waals surface area contributed by atoms with Crippen molar-refractivity contribution in [2.24, 2.45) is 0 Å². The highest BCUT2D eigenvalue weighted by molar-refractivity contribution is 5.92. The molecular formula is C11H13NO3. The lowest BCUT2D eigenvalue weighted by Gasteiger charge is -2.01. The summed E-state index contributed by atoms with van der Waals surface area (Å²) in [5.74, 6) is -0.419. The SMILES string of the molecule is CC/C(=C/c1ccnc(OC)c1)C(=O)O. The van der Waals surface area contributed by atoms with Crippen LogP contribution in [-0.2, 0) is 4.79 Å². The van der Waals surface area contributed by atoms with Crippen LogP contribution in [0.4, 0.5) is 0 Å². The number of carboxylic acid groups (broad SMARTS) is 1. The van der Waals surface area contributed by atoms with Crippen molar-refractivity contribution in [1.29, 1.82) is 0 Å². The Morgan fingerprint density at radius 1 is 1.67 bits per heavy atom. The van der Waals surface area contributed by atoms with E-state index < -0.39 is 5.97 Å². The van der Waals surface area contributed by atoms with Gasteiger partial charge in [0.25, 0.3) is 0 Å². The molecule has 1 N–H and O–H groups in total. The number of hydrogen-bond acceptors (Lipinski definition) is 3. The molecule has 0 atom stereocenters. The molecule has 0 aromatic carbocycles. The van der Waals surface area contributed by atoms with Gasteiger partial charge in [-0.15, -0.1) is 0 Å². The molecule has 0 radical (unpaired) electrons. The maximum absolute atomic E-state index is 10.8. The van der Waals surface area contributed by atoms with Gasteiger partial charge < -0.3 is 9.84 Å². The summed E-state index contributed by atoms with van der Waals surface area (Å²) in [6, 6.07) is 3.43. The Kier molecular flexibility index (Phi) is 3.85. The summed E-state index contributed by atoms with van der Waals surface area (Å²) in [7, 11) is 1.52. The van der Waals surface area contributed by atoms with Crippen molar-refractivity contribution in [3.63, 3.8) is 0 Å². The van der Waals surface area contributed by atoms with Gasteiger partial charge in [0.2, 0.25) is 5.88 Å². The van der Waals surface area contributed by atoms with E-state index in [9.17, 15) is 4.79 Å². The summed E-state index contributed by atoms with van der Waals surface area (Å²) in [5, 5.41) is 8.85. The fourth-order valence-electron chi connectivity index (χ4n) is 1.14. The number of aliphatic carboxylic acids is 1. The van der Waals surface area contributed by atoms with Crippen molar-refractivity contribution < 1.29 is 14.6 Å². The molecule has 0 saturated carbocycles. The van der Waals surface area contributed by atoms with Gasteiger partial charge >= 0.3 is 5.97 Å². The molecule has 0 unspecified atom stereocenters. The zero-order chi connectivity index (χ0) is 11.3. The average Bonchev–Trinajstić information content (AvgIpc) is 2.25. The molecule has 1 aromatic rings. The van der Waals surface area contributed by atoms with Gasteiger partial charge in [-0.3, -0.25) is 0 Å². The third-order valence-corrected chi connectivity index (χ3v) is 1.96. The summed E-state index contributed by atoms with van der Waals surface area (Å²) in [6.45, 7) is 1.80. The maximum Gasteiger partial charge on any atom is 0.331 e. The van der Waals surface area contributed by atoms with E-state index in [1.54, 1.807) is 31.3 Å². The first-order valence-electron chi connectivity index (χ1n) is 4.61. The summed E-state index contributed by atoms with van der Waals surface area (Å²) in [6.07, 6.45) is 3.69. The number of carbonyl (C=O) groups is 1. The molecule has 0 amide bonds. The van der Waals surface area contributed by atoms with Gasteiger partial charge in [-0.1, -0.05) is 6.92 Å². The first kappa shape index (κ1) is 11.2. The lowest BCUT2D eigenvalue weighted by atomic mass is 10.1. The molecule has 0 bridgehead atoms. The molecule has 0 aliphatic carbocycles. The van der Waals surface area contributed by atoms with Crippen LogP contribution in [0.3, 0.4) is 0 Å². The average molecular weight is 207 g/mol. The molecule has 0 saturated heterocycles. The molecule has 1 heterocycles. The third-order valence-electron chi connectivity index (χ3n) is 1.96. The Morgan fingerprint density at radius 2 is 2.40 bits per heavy atom. The molecule has 15 heavy (non-hydrogen) atoms. The second kappa shape index (κ2) is 5.14. The van der Waals surface area contributed by atoms with Gasteiger partial charge in [0.05, 0.1) is 7.11 Å². The van der Waals surface area contributed by atoms with E-state index in [-0.39, 0.29) is 0 Å². The van der Waals surface area contributed by atoms with Gasteiger partial charge in [-0.05, 0) is 24.1 Å². The van der Waals surface area contributed by atoms with Crippen LogP contribution in [-0.4, -0.2) is 23.2 Å². The zero-order valence-corrected chi connectivity index (χ0v) is 8.73. The topological polar surface area (TPSA) is 59.4 Å². The van der Waals surface area contributed by atoms with Crippen LogP contribution >= 0.6 is 0 Å². The molecule has 0 fully saturated rings. The van der Waals surface area contributed by atoms with Crippen molar-refractivity contribution in [2.45, 2.75) is 13.3 Å². The van der Waals surface area contributed by atoms with Crippen LogP contribution in [0, 0.1) is 0 Å². The molecule has 1 aromatic heterocycles. The number of pyridine rings is 1. The third kappa shape index (κ3) is 3.09. The highest BCUT2D eigenvalue weighted by Crippen LogP contribution is 2.13. The number of nitrogens with zero attached hydrogens (tertiary/aromatic N) is 1. The van der Waals surface area contributed by atoms with Crippen molar-refractivity contribution in [1.82, 2.24) is 4.98 Å². The van der Waals surface area contributed by atoms with Gasteiger partial charge in [-0.25, -0.2) is 9.78 Å². The van der Waals surface area contributed by atoms with Gasteiger partial charge in [0.1, 0.15) is 0 Å². The molecular weight excluding hydrogens is 194 g/mol. The van der Waals surface area contributed by atoms with Crippen molar-refractivity contribution in [2.75, 3.05) is 7.11 Å². The molecule has 0 aliphatic heterocycles. The van der Waals surface area contributed by atoms with Gasteiger partial charge in [0, 0.05) is 17.8 Å². The Bertz CT molecular complexity index is 385. The zero-order valence-electron chi connectivity index (χ0n) is 8.73. The van der Waals surface area contributed by atoms with Crippen LogP contribution in [0.5, 0.6) is 5.88 Å². The minimum atomic E-state index is -0.895. The Balaban J connectivity index is 3.00. The molecule has 4 heteroatoms. The van der Waals surface area contributed by atoms with Crippen LogP contribution in [0.1, 0.15) is 18.9 Å². The van der Waals surface area contributed by atoms with Gasteiger partial charge in [0.15, 0.2) is 0 Å². The van der Waals surface area contributed by atoms with Crippen LogP contribution in [0.2, 0.25) is 0 Å². The summed E-state index contributed by atoms with van der Waals surface area (Å²) >= 11 is 0. The normalized spacial score (nSPS) is 11.2. The fourth-order valence-corrected chi connectivity index (χ4v) is 1.14. The van der Waals surface area contributed by atoms with E-state index in [0.29, 0.717) is 17.9 Å². The minimum Gasteiger partial charge on any atom is -0.481 e. The smallest absolute Gasteiger partial charge is 0.331 e. The Labute approximate surface area is 88.2 Å². The lowest BCUT2D eigenvalue weighted by Crippen LogP contribution is -1.98. The van der Waals surface area contributed by atoms with Gasteiger partial charge in [-0.2, -0.15) is 0 Å². The van der Waals surface area contributed by atoms with Crippen molar-refractivity contribution in [3.05, 3.63) is 29.5 Å².